The topological polar surface area (TPSA) is 129 Å². The SMILES string of the molecule is Cc1cc(F)cc(-c2cnc(N)c(-c3nc4c(C=NO)cc(F)cc4[nH]3)c2N2CCC(N)CC2)c1. The number of hydrogen-bond donors (Lipinski definition) is 4. The van der Waals surface area contributed by atoms with Crippen molar-refractivity contribution in [1.29, 1.82) is 0 Å². The van der Waals surface area contributed by atoms with Gasteiger partial charge in [0.2, 0.25) is 0 Å². The highest BCUT2D eigenvalue weighted by molar-refractivity contribution is 6.00. The highest BCUT2D eigenvalue weighted by Gasteiger charge is 2.27. The van der Waals surface area contributed by atoms with E-state index in [2.05, 4.69) is 25.0 Å². The number of halogens is 2. The molecule has 2 aromatic heterocycles. The Balaban J connectivity index is 1.78. The van der Waals surface area contributed by atoms with Crippen molar-refractivity contribution < 1.29 is 14.0 Å². The summed E-state index contributed by atoms with van der Waals surface area (Å²) in [6.07, 6.45) is 4.33. The van der Waals surface area contributed by atoms with Gasteiger partial charge in [-0.2, -0.15) is 0 Å². The Kier molecular flexibility index (Phi) is 5.81. The van der Waals surface area contributed by atoms with Crippen LogP contribution in [0, 0.1) is 18.6 Å². The molecule has 8 nitrogen and oxygen atoms in total. The fraction of sp³-hybridized carbons (Fsp3) is 0.240. The van der Waals surface area contributed by atoms with E-state index in [1.54, 1.807) is 6.20 Å². The van der Waals surface area contributed by atoms with E-state index in [-0.39, 0.29) is 17.7 Å². The van der Waals surface area contributed by atoms with Gasteiger partial charge < -0.3 is 26.6 Å². The third-order valence-corrected chi connectivity index (χ3v) is 6.30. The molecule has 0 unspecified atom stereocenters. The number of anilines is 2. The molecule has 6 N–H and O–H groups in total. The van der Waals surface area contributed by atoms with Gasteiger partial charge in [-0.3, -0.25) is 0 Å². The first-order valence-corrected chi connectivity index (χ1v) is 11.3. The zero-order valence-electron chi connectivity index (χ0n) is 19.1. The Hall–Kier alpha value is -4.05. The number of aryl methyl sites for hydroxylation is 1. The lowest BCUT2D eigenvalue weighted by Gasteiger charge is -2.34. The molecule has 1 aliphatic rings. The van der Waals surface area contributed by atoms with Crippen LogP contribution >= 0.6 is 0 Å². The van der Waals surface area contributed by atoms with E-state index in [0.717, 1.165) is 30.3 Å². The van der Waals surface area contributed by atoms with Crippen LogP contribution in [-0.2, 0) is 0 Å². The molecule has 3 heterocycles. The molecule has 2 aromatic carbocycles. The maximum atomic E-state index is 14.4. The number of piperidine rings is 1. The van der Waals surface area contributed by atoms with Crippen LogP contribution in [0.5, 0.6) is 0 Å². The number of nitrogens with two attached hydrogens (primary N) is 2. The van der Waals surface area contributed by atoms with Gasteiger partial charge in [0.15, 0.2) is 0 Å². The van der Waals surface area contributed by atoms with Gasteiger partial charge in [0, 0.05) is 36.5 Å². The molecule has 1 aliphatic heterocycles. The molecule has 35 heavy (non-hydrogen) atoms. The summed E-state index contributed by atoms with van der Waals surface area (Å²) in [5.41, 5.74) is 17.1. The van der Waals surface area contributed by atoms with Crippen molar-refractivity contribution in [2.24, 2.45) is 10.9 Å². The number of nitrogens with one attached hydrogen (secondary N) is 1. The number of nitrogens with zero attached hydrogens (tertiary/aromatic N) is 4. The van der Waals surface area contributed by atoms with Gasteiger partial charge in [-0.25, -0.2) is 18.7 Å². The summed E-state index contributed by atoms with van der Waals surface area (Å²) in [6, 6.07) is 7.46. The summed E-state index contributed by atoms with van der Waals surface area (Å²) in [5, 5.41) is 12.0. The average molecular weight is 478 g/mol. The first-order chi connectivity index (χ1) is 16.8. The molecule has 0 saturated carbocycles. The van der Waals surface area contributed by atoms with Gasteiger partial charge >= 0.3 is 0 Å². The molecular formula is C25H25F2N7O. The minimum atomic E-state index is -0.511. The molecule has 1 saturated heterocycles. The van der Waals surface area contributed by atoms with Gasteiger partial charge in [0.05, 0.1) is 28.5 Å². The standard InChI is InChI=1S/C25H25F2N7O/c1-13-6-14(8-16(26)7-13)19-12-30-24(29)21(23(19)34-4-2-18(28)3-5-34)25-32-20-10-17(27)9-15(11-31-35)22(20)33-25/h6-12,18,35H,2-5,28H2,1H3,(H2,29,30)(H,32,33). The van der Waals surface area contributed by atoms with E-state index < -0.39 is 5.82 Å². The molecule has 1 fully saturated rings. The number of H-pyrrole nitrogens is 1. The second-order valence-electron chi connectivity index (χ2n) is 8.84. The minimum absolute atomic E-state index is 0.100. The van der Waals surface area contributed by atoms with E-state index in [1.807, 2.05) is 13.0 Å². The molecule has 5 rings (SSSR count). The molecule has 0 atom stereocenters. The molecule has 0 aliphatic carbocycles. The van der Waals surface area contributed by atoms with Gasteiger partial charge in [-0.05, 0) is 55.2 Å². The Morgan fingerprint density at radius 3 is 2.60 bits per heavy atom. The molecular weight excluding hydrogens is 452 g/mol. The summed E-state index contributed by atoms with van der Waals surface area (Å²) < 4.78 is 28.6. The van der Waals surface area contributed by atoms with Crippen LogP contribution in [0.4, 0.5) is 20.3 Å². The van der Waals surface area contributed by atoms with Crippen molar-refractivity contribution in [3.63, 3.8) is 0 Å². The van der Waals surface area contributed by atoms with Gasteiger partial charge in [-0.1, -0.05) is 11.2 Å². The van der Waals surface area contributed by atoms with Crippen molar-refractivity contribution in [3.05, 3.63) is 59.3 Å². The van der Waals surface area contributed by atoms with E-state index >= 15 is 0 Å². The lowest BCUT2D eigenvalue weighted by Crippen LogP contribution is -2.40. The summed E-state index contributed by atoms with van der Waals surface area (Å²) >= 11 is 0. The fourth-order valence-electron chi connectivity index (χ4n) is 4.69. The van der Waals surface area contributed by atoms with Crippen LogP contribution in [0.25, 0.3) is 33.5 Å². The number of hydrogen-bond acceptors (Lipinski definition) is 7. The largest absolute Gasteiger partial charge is 0.411 e. The first kappa shape index (κ1) is 22.7. The third kappa shape index (κ3) is 4.28. The number of fused-ring (bicyclic) bond motifs is 1. The number of rotatable bonds is 4. The number of imidazole rings is 1. The number of oxime groups is 1. The zero-order chi connectivity index (χ0) is 24.7. The van der Waals surface area contributed by atoms with E-state index in [4.69, 9.17) is 16.7 Å². The van der Waals surface area contributed by atoms with Crippen molar-refractivity contribution in [3.8, 4) is 22.5 Å². The van der Waals surface area contributed by atoms with Gasteiger partial charge in [0.25, 0.3) is 0 Å². The minimum Gasteiger partial charge on any atom is -0.411 e. The predicted molar refractivity (Wildman–Crippen MR) is 133 cm³/mol. The molecule has 4 aromatic rings. The molecule has 10 heteroatoms. The van der Waals surface area contributed by atoms with Crippen LogP contribution in [0.15, 0.2) is 41.7 Å². The van der Waals surface area contributed by atoms with E-state index in [0.29, 0.717) is 52.2 Å². The van der Waals surface area contributed by atoms with Crippen molar-refractivity contribution in [2.75, 3.05) is 23.7 Å². The van der Waals surface area contributed by atoms with E-state index in [1.165, 1.54) is 24.3 Å². The van der Waals surface area contributed by atoms with Crippen LogP contribution in [-0.4, -0.2) is 45.5 Å². The summed E-state index contributed by atoms with van der Waals surface area (Å²) in [6.45, 7) is 3.18. The van der Waals surface area contributed by atoms with Crippen LogP contribution in [0.1, 0.15) is 24.0 Å². The van der Waals surface area contributed by atoms with E-state index in [9.17, 15) is 8.78 Å². The highest BCUT2D eigenvalue weighted by atomic mass is 19.1. The first-order valence-electron chi connectivity index (χ1n) is 11.3. The number of aromatic amines is 1. The maximum absolute atomic E-state index is 14.4. The Morgan fingerprint density at radius 1 is 1.14 bits per heavy atom. The second-order valence-corrected chi connectivity index (χ2v) is 8.84. The number of nitrogen functional groups attached to an aromatic ring is 1. The fourth-order valence-corrected chi connectivity index (χ4v) is 4.69. The summed E-state index contributed by atoms with van der Waals surface area (Å²) in [4.78, 5) is 14.4. The molecule has 0 amide bonds. The maximum Gasteiger partial charge on any atom is 0.144 e. The Labute approximate surface area is 200 Å². The Morgan fingerprint density at radius 2 is 1.89 bits per heavy atom. The molecule has 0 bridgehead atoms. The number of benzene rings is 2. The number of aromatic nitrogens is 3. The predicted octanol–water partition coefficient (Wildman–Crippen LogP) is 4.20. The third-order valence-electron chi connectivity index (χ3n) is 6.30. The monoisotopic (exact) mass is 477 g/mol. The van der Waals surface area contributed by atoms with Gasteiger partial charge in [-0.15, -0.1) is 0 Å². The van der Waals surface area contributed by atoms with Crippen molar-refractivity contribution >= 4 is 28.8 Å². The Bertz CT molecular complexity index is 1420. The van der Waals surface area contributed by atoms with Gasteiger partial charge in [0.1, 0.15) is 23.3 Å². The highest BCUT2D eigenvalue weighted by Crippen LogP contribution is 2.43. The number of pyridine rings is 1. The molecule has 0 spiro atoms. The molecule has 180 valence electrons. The lowest BCUT2D eigenvalue weighted by atomic mass is 9.97. The quantitative estimate of drug-likeness (QED) is 0.198. The summed E-state index contributed by atoms with van der Waals surface area (Å²) in [7, 11) is 0. The average Bonchev–Trinajstić information content (AvgIpc) is 3.22. The smallest absolute Gasteiger partial charge is 0.144 e. The lowest BCUT2D eigenvalue weighted by molar-refractivity contribution is 0.322. The van der Waals surface area contributed by atoms with Crippen LogP contribution in [0.3, 0.4) is 0 Å². The summed E-state index contributed by atoms with van der Waals surface area (Å²) in [5.74, 6) is -0.258. The van der Waals surface area contributed by atoms with Crippen molar-refractivity contribution in [1.82, 2.24) is 15.0 Å². The molecule has 0 radical (unpaired) electrons. The van der Waals surface area contributed by atoms with Crippen LogP contribution < -0.4 is 16.4 Å². The van der Waals surface area contributed by atoms with Crippen LogP contribution in [0.2, 0.25) is 0 Å². The normalized spacial score (nSPS) is 14.9. The zero-order valence-corrected chi connectivity index (χ0v) is 19.1. The van der Waals surface area contributed by atoms with Crippen molar-refractivity contribution in [2.45, 2.75) is 25.8 Å². The second kappa shape index (κ2) is 8.95.